The third kappa shape index (κ3) is 3.59. The van der Waals surface area contributed by atoms with Gasteiger partial charge in [-0.05, 0) is 24.6 Å². The highest BCUT2D eigenvalue weighted by Gasteiger charge is 2.31. The zero-order valence-corrected chi connectivity index (χ0v) is 13.1. The first-order valence-corrected chi connectivity index (χ1v) is 7.20. The minimum atomic E-state index is -4.35. The van der Waals surface area contributed by atoms with E-state index >= 15 is 0 Å². The van der Waals surface area contributed by atoms with Gasteiger partial charge in [-0.2, -0.15) is 13.2 Å². The summed E-state index contributed by atoms with van der Waals surface area (Å²) in [7, 11) is 1.54. The second-order valence-electron chi connectivity index (χ2n) is 4.73. The molecule has 1 unspecified atom stereocenters. The van der Waals surface area contributed by atoms with Gasteiger partial charge in [-0.25, -0.2) is 0 Å². The molecule has 0 spiro atoms. The maximum Gasteiger partial charge on any atom is 0.416 e. The van der Waals surface area contributed by atoms with Crippen molar-refractivity contribution >= 4 is 15.9 Å². The van der Waals surface area contributed by atoms with Crippen LogP contribution in [0.1, 0.15) is 27.1 Å². The van der Waals surface area contributed by atoms with Crippen LogP contribution in [-0.2, 0) is 6.18 Å². The lowest BCUT2D eigenvalue weighted by Crippen LogP contribution is -2.06. The van der Waals surface area contributed by atoms with E-state index in [-0.39, 0.29) is 4.83 Å². The van der Waals surface area contributed by atoms with E-state index in [4.69, 9.17) is 4.74 Å². The average Bonchev–Trinajstić information content (AvgIpc) is 2.45. The van der Waals surface area contributed by atoms with Gasteiger partial charge in [-0.15, -0.1) is 0 Å². The molecule has 2 aromatic rings. The van der Waals surface area contributed by atoms with Crippen molar-refractivity contribution in [1.82, 2.24) is 0 Å². The van der Waals surface area contributed by atoms with E-state index in [1.807, 2.05) is 25.1 Å². The molecule has 0 fully saturated rings. The van der Waals surface area contributed by atoms with Crippen LogP contribution in [0.15, 0.2) is 42.5 Å². The largest absolute Gasteiger partial charge is 0.496 e. The number of rotatable bonds is 3. The van der Waals surface area contributed by atoms with Crippen molar-refractivity contribution in [3.05, 3.63) is 64.7 Å². The summed E-state index contributed by atoms with van der Waals surface area (Å²) in [5.41, 5.74) is 1.70. The van der Waals surface area contributed by atoms with E-state index in [1.165, 1.54) is 6.07 Å². The van der Waals surface area contributed by atoms with E-state index in [0.29, 0.717) is 11.3 Å². The van der Waals surface area contributed by atoms with E-state index in [0.717, 1.165) is 23.3 Å². The summed E-state index contributed by atoms with van der Waals surface area (Å²) in [5.74, 6) is 0.639. The molecule has 21 heavy (non-hydrogen) atoms. The Morgan fingerprint density at radius 2 is 1.81 bits per heavy atom. The van der Waals surface area contributed by atoms with Crippen LogP contribution < -0.4 is 4.74 Å². The average molecular weight is 359 g/mol. The van der Waals surface area contributed by atoms with Gasteiger partial charge in [0.05, 0.1) is 17.5 Å². The van der Waals surface area contributed by atoms with Crippen LogP contribution in [0.25, 0.3) is 0 Å². The fourth-order valence-electron chi connectivity index (χ4n) is 2.10. The molecule has 2 rings (SSSR count). The Hall–Kier alpha value is -1.49. The van der Waals surface area contributed by atoms with Crippen molar-refractivity contribution < 1.29 is 17.9 Å². The van der Waals surface area contributed by atoms with Crippen molar-refractivity contribution in [1.29, 1.82) is 0 Å². The first kappa shape index (κ1) is 15.9. The molecule has 0 aliphatic carbocycles. The molecule has 0 saturated heterocycles. The maximum atomic E-state index is 12.8. The Morgan fingerprint density at radius 1 is 1.10 bits per heavy atom. The summed E-state index contributed by atoms with van der Waals surface area (Å²) in [6.45, 7) is 1.93. The molecule has 0 bridgehead atoms. The normalized spacial score (nSPS) is 13.0. The minimum Gasteiger partial charge on any atom is -0.496 e. The summed E-state index contributed by atoms with van der Waals surface area (Å²) in [6.07, 6.45) is -4.35. The van der Waals surface area contributed by atoms with E-state index in [2.05, 4.69) is 15.9 Å². The maximum absolute atomic E-state index is 12.8. The van der Waals surface area contributed by atoms with E-state index in [9.17, 15) is 13.2 Å². The molecule has 5 heteroatoms. The molecule has 112 valence electrons. The van der Waals surface area contributed by atoms with Gasteiger partial charge in [0, 0.05) is 5.56 Å². The van der Waals surface area contributed by atoms with Crippen molar-refractivity contribution in [3.8, 4) is 5.75 Å². The number of ether oxygens (including phenoxy) is 1. The SMILES string of the molecule is COc1ccc(C)cc1C(Br)c1cccc(C(F)(F)F)c1. The van der Waals surface area contributed by atoms with Crippen LogP contribution in [0.2, 0.25) is 0 Å². The van der Waals surface area contributed by atoms with E-state index in [1.54, 1.807) is 13.2 Å². The number of halogens is 4. The molecule has 2 aromatic carbocycles. The number of hydrogen-bond acceptors (Lipinski definition) is 1. The van der Waals surface area contributed by atoms with Gasteiger partial charge in [0.15, 0.2) is 0 Å². The summed E-state index contributed by atoms with van der Waals surface area (Å²) in [4.78, 5) is -0.366. The molecule has 1 nitrogen and oxygen atoms in total. The van der Waals surface area contributed by atoms with Crippen molar-refractivity contribution in [2.75, 3.05) is 7.11 Å². The molecule has 0 N–H and O–H groups in total. The molecule has 0 aliphatic heterocycles. The smallest absolute Gasteiger partial charge is 0.416 e. The van der Waals surface area contributed by atoms with Crippen LogP contribution in [0, 0.1) is 6.92 Å². The summed E-state index contributed by atoms with van der Waals surface area (Å²) in [6, 6.07) is 10.9. The highest BCUT2D eigenvalue weighted by Crippen LogP contribution is 2.39. The van der Waals surface area contributed by atoms with Gasteiger partial charge in [-0.1, -0.05) is 51.8 Å². The second kappa shape index (κ2) is 6.10. The predicted octanol–water partition coefficient (Wildman–Crippen LogP) is 5.51. The number of methoxy groups -OCH3 is 1. The van der Waals surface area contributed by atoms with Gasteiger partial charge < -0.3 is 4.74 Å². The third-order valence-corrected chi connectivity index (χ3v) is 4.19. The lowest BCUT2D eigenvalue weighted by molar-refractivity contribution is -0.137. The van der Waals surface area contributed by atoms with Gasteiger partial charge in [0.2, 0.25) is 0 Å². The minimum absolute atomic E-state index is 0.366. The van der Waals surface area contributed by atoms with Crippen LogP contribution in [0.5, 0.6) is 5.75 Å². The molecule has 0 heterocycles. The topological polar surface area (TPSA) is 9.23 Å². The molecule has 0 aliphatic rings. The molecule has 0 aromatic heterocycles. The number of hydrogen-bond donors (Lipinski definition) is 0. The van der Waals surface area contributed by atoms with Crippen LogP contribution in [-0.4, -0.2) is 7.11 Å². The summed E-state index contributed by atoms with van der Waals surface area (Å²) < 4.78 is 43.7. The molecular formula is C16H14BrF3O. The second-order valence-corrected chi connectivity index (χ2v) is 5.65. The van der Waals surface area contributed by atoms with Crippen molar-refractivity contribution in [3.63, 3.8) is 0 Å². The van der Waals surface area contributed by atoms with Crippen molar-refractivity contribution in [2.45, 2.75) is 17.9 Å². The monoisotopic (exact) mass is 358 g/mol. The van der Waals surface area contributed by atoms with E-state index < -0.39 is 11.7 Å². The first-order chi connectivity index (χ1) is 9.82. The molecule has 0 saturated carbocycles. The quantitative estimate of drug-likeness (QED) is 0.657. The van der Waals surface area contributed by atoms with Crippen molar-refractivity contribution in [2.24, 2.45) is 0 Å². The zero-order chi connectivity index (χ0) is 15.6. The van der Waals surface area contributed by atoms with Gasteiger partial charge in [0.1, 0.15) is 5.75 Å². The first-order valence-electron chi connectivity index (χ1n) is 6.28. The summed E-state index contributed by atoms with van der Waals surface area (Å²) in [5, 5.41) is 0. The number of benzene rings is 2. The van der Waals surface area contributed by atoms with Crippen LogP contribution in [0.4, 0.5) is 13.2 Å². The van der Waals surface area contributed by atoms with Crippen LogP contribution >= 0.6 is 15.9 Å². The Morgan fingerprint density at radius 3 is 2.43 bits per heavy atom. The lowest BCUT2D eigenvalue weighted by atomic mass is 10.00. The van der Waals surface area contributed by atoms with Gasteiger partial charge >= 0.3 is 6.18 Å². The summed E-state index contributed by atoms with van der Waals surface area (Å²) >= 11 is 3.47. The Balaban J connectivity index is 2.45. The fraction of sp³-hybridized carbons (Fsp3) is 0.250. The highest BCUT2D eigenvalue weighted by atomic mass is 79.9. The third-order valence-electron chi connectivity index (χ3n) is 3.16. The highest BCUT2D eigenvalue weighted by molar-refractivity contribution is 9.09. The number of alkyl halides is 4. The standard InChI is InChI=1S/C16H14BrF3O/c1-10-6-7-14(21-2)13(8-10)15(17)11-4-3-5-12(9-11)16(18,19)20/h3-9,15H,1-2H3. The Bertz CT molecular complexity index is 638. The lowest BCUT2D eigenvalue weighted by Gasteiger charge is -2.17. The number of aryl methyl sites for hydroxylation is 1. The molecule has 0 amide bonds. The fourth-order valence-corrected chi connectivity index (χ4v) is 2.75. The van der Waals surface area contributed by atoms with Crippen LogP contribution in [0.3, 0.4) is 0 Å². The Kier molecular flexibility index (Phi) is 4.61. The Labute approximate surface area is 129 Å². The van der Waals surface area contributed by atoms with Gasteiger partial charge in [-0.3, -0.25) is 0 Å². The molecule has 0 radical (unpaired) electrons. The molecular weight excluding hydrogens is 345 g/mol. The predicted molar refractivity (Wildman–Crippen MR) is 79.9 cm³/mol. The zero-order valence-electron chi connectivity index (χ0n) is 11.5. The van der Waals surface area contributed by atoms with Gasteiger partial charge in [0.25, 0.3) is 0 Å². The molecule has 1 atom stereocenters.